The number of nitro groups is 1. The molecule has 1 aromatic rings. The average Bonchev–Trinajstić information content (AvgIpc) is 2.18. The maximum absolute atomic E-state index is 10.3. The Morgan fingerprint density at radius 2 is 2.20 bits per heavy atom. The number of aromatic nitrogens is 2. The van der Waals surface area contributed by atoms with Crippen molar-refractivity contribution in [1.82, 2.24) is 15.3 Å². The minimum atomic E-state index is -0.555. The molecule has 0 saturated heterocycles. The zero-order valence-corrected chi connectivity index (χ0v) is 8.51. The Labute approximate surface area is 86.6 Å². The third-order valence-electron chi connectivity index (χ3n) is 1.62. The predicted octanol–water partition coefficient (Wildman–Crippen LogP) is 0.371. The first-order chi connectivity index (χ1) is 7.13. The van der Waals surface area contributed by atoms with Crippen LogP contribution in [0.1, 0.15) is 6.92 Å². The van der Waals surface area contributed by atoms with E-state index < -0.39 is 4.92 Å². The molecule has 0 aliphatic rings. The highest BCUT2D eigenvalue weighted by Crippen LogP contribution is 2.10. The summed E-state index contributed by atoms with van der Waals surface area (Å²) in [5.74, 6) is 0. The van der Waals surface area contributed by atoms with Crippen LogP contribution in [0.3, 0.4) is 0 Å². The maximum Gasteiger partial charge on any atom is 0.317 e. The van der Waals surface area contributed by atoms with Gasteiger partial charge in [0.05, 0.1) is 4.92 Å². The molecule has 7 heteroatoms. The lowest BCUT2D eigenvalue weighted by Crippen LogP contribution is -2.26. The van der Waals surface area contributed by atoms with E-state index in [9.17, 15) is 10.1 Å². The lowest BCUT2D eigenvalue weighted by Gasteiger charge is -2.11. The van der Waals surface area contributed by atoms with Crippen molar-refractivity contribution >= 4 is 5.69 Å². The average molecular weight is 212 g/mol. The molecule has 0 fully saturated rings. The van der Waals surface area contributed by atoms with Crippen LogP contribution in [-0.4, -0.2) is 34.6 Å². The van der Waals surface area contributed by atoms with E-state index in [0.717, 1.165) is 12.4 Å². The molecule has 82 valence electrons. The van der Waals surface area contributed by atoms with Gasteiger partial charge in [-0.1, -0.05) is 0 Å². The first-order valence-electron chi connectivity index (χ1n) is 4.41. The molecule has 0 aromatic carbocycles. The van der Waals surface area contributed by atoms with Gasteiger partial charge in [-0.05, 0) is 14.0 Å². The lowest BCUT2D eigenvalue weighted by atomic mass is 10.4. The number of ether oxygens (including phenoxy) is 1. The standard InChI is InChI=1S/C8H12N4O3/c1-6(3-9-2)15-8-10-4-7(5-11-8)12(13)14/h4-6,9H,3H2,1-2H3. The van der Waals surface area contributed by atoms with E-state index in [4.69, 9.17) is 4.74 Å². The van der Waals surface area contributed by atoms with Gasteiger partial charge in [0.15, 0.2) is 0 Å². The van der Waals surface area contributed by atoms with Crippen molar-refractivity contribution in [2.75, 3.05) is 13.6 Å². The molecule has 0 saturated carbocycles. The Bertz CT molecular complexity index is 327. The van der Waals surface area contributed by atoms with Gasteiger partial charge in [-0.25, -0.2) is 0 Å². The molecule has 1 rings (SSSR count). The van der Waals surface area contributed by atoms with Gasteiger partial charge < -0.3 is 10.1 Å². The number of hydrogen-bond acceptors (Lipinski definition) is 6. The smallest absolute Gasteiger partial charge is 0.317 e. The van der Waals surface area contributed by atoms with E-state index in [1.54, 1.807) is 7.05 Å². The Balaban J connectivity index is 2.60. The Hall–Kier alpha value is -1.76. The minimum Gasteiger partial charge on any atom is -0.459 e. The molecule has 1 N–H and O–H groups in total. The number of likely N-dealkylation sites (N-methyl/N-ethyl adjacent to an activating group) is 1. The third-order valence-corrected chi connectivity index (χ3v) is 1.62. The zero-order chi connectivity index (χ0) is 11.3. The van der Waals surface area contributed by atoms with E-state index >= 15 is 0 Å². The number of hydrogen-bond donors (Lipinski definition) is 1. The topological polar surface area (TPSA) is 90.2 Å². The Kier molecular flexibility index (Phi) is 3.92. The monoisotopic (exact) mass is 212 g/mol. The van der Waals surface area contributed by atoms with Gasteiger partial charge in [0.2, 0.25) is 0 Å². The largest absolute Gasteiger partial charge is 0.459 e. The molecule has 0 amide bonds. The van der Waals surface area contributed by atoms with E-state index in [2.05, 4.69) is 15.3 Å². The van der Waals surface area contributed by atoms with Crippen LogP contribution in [0.4, 0.5) is 5.69 Å². The van der Waals surface area contributed by atoms with Crippen LogP contribution in [0.2, 0.25) is 0 Å². The highest BCUT2D eigenvalue weighted by molar-refractivity contribution is 5.21. The minimum absolute atomic E-state index is 0.0866. The summed E-state index contributed by atoms with van der Waals surface area (Å²) in [4.78, 5) is 17.2. The van der Waals surface area contributed by atoms with Crippen LogP contribution in [0.5, 0.6) is 6.01 Å². The molecule has 7 nitrogen and oxygen atoms in total. The van der Waals surface area contributed by atoms with Gasteiger partial charge in [-0.15, -0.1) is 0 Å². The van der Waals surface area contributed by atoms with E-state index in [-0.39, 0.29) is 17.8 Å². The lowest BCUT2D eigenvalue weighted by molar-refractivity contribution is -0.385. The SMILES string of the molecule is CNCC(C)Oc1ncc([N+](=O)[O-])cn1. The molecular weight excluding hydrogens is 200 g/mol. The fourth-order valence-corrected chi connectivity index (χ4v) is 0.974. The molecule has 1 unspecified atom stereocenters. The van der Waals surface area contributed by atoms with Crippen LogP contribution in [-0.2, 0) is 0 Å². The van der Waals surface area contributed by atoms with Crippen LogP contribution in [0, 0.1) is 10.1 Å². The zero-order valence-electron chi connectivity index (χ0n) is 8.51. The molecule has 1 heterocycles. The van der Waals surface area contributed by atoms with E-state index in [1.165, 1.54) is 0 Å². The second-order valence-electron chi connectivity index (χ2n) is 2.97. The van der Waals surface area contributed by atoms with Crippen LogP contribution >= 0.6 is 0 Å². The van der Waals surface area contributed by atoms with E-state index in [1.807, 2.05) is 6.92 Å². The first kappa shape index (κ1) is 11.3. The van der Waals surface area contributed by atoms with Gasteiger partial charge >= 0.3 is 11.7 Å². The number of nitrogens with one attached hydrogen (secondary N) is 1. The van der Waals surface area contributed by atoms with Gasteiger partial charge in [-0.2, -0.15) is 9.97 Å². The predicted molar refractivity (Wildman–Crippen MR) is 52.7 cm³/mol. The van der Waals surface area contributed by atoms with Crippen LogP contribution < -0.4 is 10.1 Å². The molecular formula is C8H12N4O3. The highest BCUT2D eigenvalue weighted by Gasteiger charge is 2.09. The van der Waals surface area contributed by atoms with Crippen molar-refractivity contribution in [1.29, 1.82) is 0 Å². The Morgan fingerprint density at radius 3 is 2.67 bits per heavy atom. The van der Waals surface area contributed by atoms with Crippen molar-refractivity contribution in [3.05, 3.63) is 22.5 Å². The summed E-state index contributed by atoms with van der Waals surface area (Å²) in [7, 11) is 1.80. The molecule has 0 bridgehead atoms. The van der Waals surface area contributed by atoms with E-state index in [0.29, 0.717) is 6.54 Å². The summed E-state index contributed by atoms with van der Waals surface area (Å²) in [6.07, 6.45) is 2.15. The number of nitrogens with zero attached hydrogens (tertiary/aromatic N) is 3. The first-order valence-corrected chi connectivity index (χ1v) is 4.41. The summed E-state index contributed by atoms with van der Waals surface area (Å²) in [6, 6.07) is 0.142. The quantitative estimate of drug-likeness (QED) is 0.560. The second kappa shape index (κ2) is 5.20. The van der Waals surface area contributed by atoms with Gasteiger partial charge in [0.25, 0.3) is 0 Å². The summed E-state index contributed by atoms with van der Waals surface area (Å²) in [5, 5.41) is 13.2. The van der Waals surface area contributed by atoms with Crippen molar-refractivity contribution in [3.8, 4) is 6.01 Å². The number of rotatable bonds is 5. The van der Waals surface area contributed by atoms with Crippen molar-refractivity contribution in [2.24, 2.45) is 0 Å². The second-order valence-corrected chi connectivity index (χ2v) is 2.97. The van der Waals surface area contributed by atoms with Crippen molar-refractivity contribution < 1.29 is 9.66 Å². The van der Waals surface area contributed by atoms with Crippen molar-refractivity contribution in [2.45, 2.75) is 13.0 Å². The molecule has 0 radical (unpaired) electrons. The van der Waals surface area contributed by atoms with Crippen molar-refractivity contribution in [3.63, 3.8) is 0 Å². The molecule has 0 aliphatic carbocycles. The normalized spacial score (nSPS) is 12.1. The fraction of sp³-hybridized carbons (Fsp3) is 0.500. The summed E-state index contributed by atoms with van der Waals surface area (Å²) >= 11 is 0. The maximum atomic E-state index is 10.3. The molecule has 0 spiro atoms. The molecule has 15 heavy (non-hydrogen) atoms. The van der Waals surface area contributed by atoms with Gasteiger partial charge in [-0.3, -0.25) is 10.1 Å². The van der Waals surface area contributed by atoms with Crippen LogP contribution in [0.15, 0.2) is 12.4 Å². The van der Waals surface area contributed by atoms with Crippen LogP contribution in [0.25, 0.3) is 0 Å². The Morgan fingerprint density at radius 1 is 1.60 bits per heavy atom. The molecule has 1 aromatic heterocycles. The summed E-state index contributed by atoms with van der Waals surface area (Å²) in [5.41, 5.74) is -0.149. The fourth-order valence-electron chi connectivity index (χ4n) is 0.974. The highest BCUT2D eigenvalue weighted by atomic mass is 16.6. The molecule has 0 aliphatic heterocycles. The summed E-state index contributed by atoms with van der Waals surface area (Å²) in [6.45, 7) is 2.50. The third kappa shape index (κ3) is 3.47. The van der Waals surface area contributed by atoms with Gasteiger partial charge in [0.1, 0.15) is 18.5 Å². The summed E-state index contributed by atoms with van der Waals surface area (Å²) < 4.78 is 5.28. The van der Waals surface area contributed by atoms with Gasteiger partial charge in [0, 0.05) is 6.54 Å². The molecule has 1 atom stereocenters.